The zero-order valence-electron chi connectivity index (χ0n) is 11.2. The maximum absolute atomic E-state index is 14.4. The van der Waals surface area contributed by atoms with Gasteiger partial charge >= 0.3 is 6.11 Å². The molecule has 3 rings (SSSR count). The molecule has 1 aromatic carbocycles. The highest BCUT2D eigenvalue weighted by molar-refractivity contribution is 5.84. The lowest BCUT2D eigenvalue weighted by molar-refractivity contribution is -0.188. The molecular weight excluding hydrogens is 288 g/mol. The van der Waals surface area contributed by atoms with Crippen molar-refractivity contribution < 1.29 is 13.5 Å². The lowest BCUT2D eigenvalue weighted by Gasteiger charge is -2.18. The number of ether oxygens (including phenoxy) is 1. The average Bonchev–Trinajstić information content (AvgIpc) is 2.55. The molecule has 0 saturated carbocycles. The van der Waals surface area contributed by atoms with Crippen molar-refractivity contribution in [2.75, 3.05) is 0 Å². The normalized spacial score (nSPS) is 11.1. The summed E-state index contributed by atoms with van der Waals surface area (Å²) in [7, 11) is 0. The van der Waals surface area contributed by atoms with Crippen molar-refractivity contribution >= 4 is 10.9 Å². The van der Waals surface area contributed by atoms with E-state index in [1.54, 1.807) is 30.3 Å². The number of fused-ring (bicyclic) bond motifs is 1. The number of pyridine rings is 2. The Labute approximate surface area is 124 Å². The smallest absolute Gasteiger partial charge is 0.425 e. The third kappa shape index (κ3) is 2.44. The highest BCUT2D eigenvalue weighted by Crippen LogP contribution is 2.34. The van der Waals surface area contributed by atoms with Crippen LogP contribution in [0.2, 0.25) is 0 Å². The molecule has 6 heteroatoms. The maximum atomic E-state index is 14.4. The van der Waals surface area contributed by atoms with Gasteiger partial charge in [0.25, 0.3) is 0 Å². The third-order valence-electron chi connectivity index (χ3n) is 3.04. The Kier molecular flexibility index (Phi) is 3.39. The van der Waals surface area contributed by atoms with Crippen molar-refractivity contribution in [3.8, 4) is 11.8 Å². The van der Waals surface area contributed by atoms with Gasteiger partial charge < -0.3 is 4.74 Å². The van der Waals surface area contributed by atoms with Crippen molar-refractivity contribution in [2.45, 2.75) is 6.11 Å². The molecule has 22 heavy (non-hydrogen) atoms. The van der Waals surface area contributed by atoms with Crippen LogP contribution in [0.1, 0.15) is 11.3 Å². The predicted octanol–water partition coefficient (Wildman–Crippen LogP) is 3.63. The minimum atomic E-state index is -3.74. The number of rotatable bonds is 3. The SMILES string of the molecule is N#Cc1cccnc1C(F)(F)Oc1cccc2cccnc12. The van der Waals surface area contributed by atoms with Crippen molar-refractivity contribution in [1.29, 1.82) is 5.26 Å². The average molecular weight is 297 g/mol. The summed E-state index contributed by atoms with van der Waals surface area (Å²) in [6, 6.07) is 12.6. The van der Waals surface area contributed by atoms with E-state index in [0.29, 0.717) is 10.9 Å². The molecule has 0 aliphatic heterocycles. The minimum absolute atomic E-state index is 0.0716. The molecule has 108 valence electrons. The first-order valence-electron chi connectivity index (χ1n) is 6.38. The van der Waals surface area contributed by atoms with Gasteiger partial charge in [-0.3, -0.25) is 4.98 Å². The predicted molar refractivity (Wildman–Crippen MR) is 75.2 cm³/mol. The number of halogens is 2. The molecule has 2 heterocycles. The number of aromatic nitrogens is 2. The maximum Gasteiger partial charge on any atom is 0.445 e. The summed E-state index contributed by atoms with van der Waals surface area (Å²) in [5.41, 5.74) is -0.634. The second-order valence-electron chi connectivity index (χ2n) is 4.46. The van der Waals surface area contributed by atoms with Gasteiger partial charge in [0.05, 0.1) is 5.56 Å². The van der Waals surface area contributed by atoms with E-state index >= 15 is 0 Å². The molecule has 0 N–H and O–H groups in total. The van der Waals surface area contributed by atoms with Gasteiger partial charge in [0.1, 0.15) is 11.6 Å². The number of hydrogen-bond donors (Lipinski definition) is 0. The molecule has 0 fully saturated rings. The second kappa shape index (κ2) is 5.37. The highest BCUT2D eigenvalue weighted by atomic mass is 19.3. The molecular formula is C16H9F2N3O. The van der Waals surface area contributed by atoms with Crippen molar-refractivity contribution in [3.63, 3.8) is 0 Å². The van der Waals surface area contributed by atoms with Gasteiger partial charge in [-0.2, -0.15) is 14.0 Å². The zero-order valence-corrected chi connectivity index (χ0v) is 11.2. The van der Waals surface area contributed by atoms with Crippen LogP contribution in [0.25, 0.3) is 10.9 Å². The standard InChI is InChI=1S/C16H9F2N3O/c17-16(18,15-12(10-19)6-3-9-21-15)22-13-7-1-4-11-5-2-8-20-14(11)13/h1-9H. The number of nitriles is 1. The molecule has 0 amide bonds. The number of hydrogen-bond acceptors (Lipinski definition) is 4. The first kappa shape index (κ1) is 13.9. The van der Waals surface area contributed by atoms with E-state index < -0.39 is 11.8 Å². The number of para-hydroxylation sites is 1. The van der Waals surface area contributed by atoms with Crippen LogP contribution in [0.4, 0.5) is 8.78 Å². The molecule has 0 unspecified atom stereocenters. The Morgan fingerprint density at radius 2 is 1.73 bits per heavy atom. The summed E-state index contributed by atoms with van der Waals surface area (Å²) in [6.45, 7) is 0. The fourth-order valence-electron chi connectivity index (χ4n) is 2.07. The summed E-state index contributed by atoms with van der Waals surface area (Å²) in [5, 5.41) is 9.61. The molecule has 0 bridgehead atoms. The number of benzene rings is 1. The van der Waals surface area contributed by atoms with E-state index in [4.69, 9.17) is 10.00 Å². The lowest BCUT2D eigenvalue weighted by Crippen LogP contribution is -2.24. The first-order valence-corrected chi connectivity index (χ1v) is 6.38. The van der Waals surface area contributed by atoms with Gasteiger partial charge in [0, 0.05) is 17.8 Å². The summed E-state index contributed by atoms with van der Waals surface area (Å²) in [5.74, 6) is -0.0716. The van der Waals surface area contributed by atoms with E-state index in [9.17, 15) is 8.78 Å². The molecule has 3 aromatic rings. The molecule has 0 atom stereocenters. The Morgan fingerprint density at radius 3 is 2.55 bits per heavy atom. The summed E-state index contributed by atoms with van der Waals surface area (Å²) >= 11 is 0. The van der Waals surface area contributed by atoms with Gasteiger partial charge in [-0.15, -0.1) is 0 Å². The first-order chi connectivity index (χ1) is 10.6. The molecule has 0 aliphatic carbocycles. The van der Waals surface area contributed by atoms with Crippen LogP contribution < -0.4 is 4.74 Å². The molecule has 0 aliphatic rings. The van der Waals surface area contributed by atoms with Crippen molar-refractivity contribution in [1.82, 2.24) is 9.97 Å². The minimum Gasteiger partial charge on any atom is -0.425 e. The Balaban J connectivity index is 2.05. The van der Waals surface area contributed by atoms with E-state index in [1.807, 2.05) is 0 Å². The molecule has 2 aromatic heterocycles. The van der Waals surface area contributed by atoms with Crippen molar-refractivity contribution in [2.24, 2.45) is 0 Å². The second-order valence-corrected chi connectivity index (χ2v) is 4.46. The van der Waals surface area contributed by atoms with Gasteiger partial charge in [0.15, 0.2) is 11.4 Å². The van der Waals surface area contributed by atoms with Crippen LogP contribution in [0.15, 0.2) is 54.9 Å². The van der Waals surface area contributed by atoms with E-state index in [2.05, 4.69) is 9.97 Å². The van der Waals surface area contributed by atoms with Crippen LogP contribution in [-0.2, 0) is 6.11 Å². The zero-order chi connectivity index (χ0) is 15.6. The van der Waals surface area contributed by atoms with Crippen LogP contribution in [0.5, 0.6) is 5.75 Å². The topological polar surface area (TPSA) is 58.8 Å². The Morgan fingerprint density at radius 1 is 1.00 bits per heavy atom. The Bertz CT molecular complexity index is 869. The van der Waals surface area contributed by atoms with E-state index in [0.717, 1.165) is 0 Å². The van der Waals surface area contributed by atoms with Crippen LogP contribution in [-0.4, -0.2) is 9.97 Å². The Hall–Kier alpha value is -3.07. The van der Waals surface area contributed by atoms with E-state index in [1.165, 1.54) is 30.6 Å². The highest BCUT2D eigenvalue weighted by Gasteiger charge is 2.39. The molecule has 4 nitrogen and oxygen atoms in total. The number of alkyl halides is 2. The van der Waals surface area contributed by atoms with Crippen LogP contribution in [0.3, 0.4) is 0 Å². The van der Waals surface area contributed by atoms with Gasteiger partial charge in [-0.05, 0) is 24.3 Å². The lowest BCUT2D eigenvalue weighted by atomic mass is 10.2. The summed E-state index contributed by atoms with van der Waals surface area (Å²) in [4.78, 5) is 7.64. The number of nitrogens with zero attached hydrogens (tertiary/aromatic N) is 3. The summed E-state index contributed by atoms with van der Waals surface area (Å²) < 4.78 is 33.5. The summed E-state index contributed by atoms with van der Waals surface area (Å²) in [6.07, 6.45) is -1.05. The van der Waals surface area contributed by atoms with Gasteiger partial charge in [0.2, 0.25) is 0 Å². The van der Waals surface area contributed by atoms with Gasteiger partial charge in [-0.25, -0.2) is 4.98 Å². The van der Waals surface area contributed by atoms with Crippen LogP contribution >= 0.6 is 0 Å². The van der Waals surface area contributed by atoms with Gasteiger partial charge in [-0.1, -0.05) is 18.2 Å². The molecule has 0 radical (unpaired) electrons. The monoisotopic (exact) mass is 297 g/mol. The van der Waals surface area contributed by atoms with Crippen molar-refractivity contribution in [3.05, 3.63) is 66.1 Å². The fourth-order valence-corrected chi connectivity index (χ4v) is 2.07. The quantitative estimate of drug-likeness (QED) is 0.740. The van der Waals surface area contributed by atoms with E-state index in [-0.39, 0.29) is 11.3 Å². The largest absolute Gasteiger partial charge is 0.445 e. The fraction of sp³-hybridized carbons (Fsp3) is 0.0625. The molecule has 0 saturated heterocycles. The molecule has 0 spiro atoms. The van der Waals surface area contributed by atoms with Crippen LogP contribution in [0, 0.1) is 11.3 Å². The third-order valence-corrected chi connectivity index (χ3v) is 3.04.